The minimum Gasteiger partial charge on any atom is -0.256 e. The molecule has 1 aromatic carbocycles. The maximum atomic E-state index is 4.42. The minimum atomic E-state index is 0.788. The van der Waals surface area contributed by atoms with Crippen LogP contribution in [0.3, 0.4) is 0 Å². The van der Waals surface area contributed by atoms with E-state index in [9.17, 15) is 0 Å². The third-order valence-electron chi connectivity index (χ3n) is 4.35. The summed E-state index contributed by atoms with van der Waals surface area (Å²) in [6, 6.07) is 10.4. The molecule has 1 fully saturated rings. The summed E-state index contributed by atoms with van der Waals surface area (Å²) in [7, 11) is 0. The van der Waals surface area contributed by atoms with Crippen LogP contribution >= 0.6 is 0 Å². The lowest BCUT2D eigenvalue weighted by molar-refractivity contribution is 0.419. The summed E-state index contributed by atoms with van der Waals surface area (Å²) in [5, 5.41) is 1.23. The molecule has 0 spiro atoms. The first kappa shape index (κ1) is 14.1. The van der Waals surface area contributed by atoms with Crippen molar-refractivity contribution in [3.05, 3.63) is 59.8 Å². The Morgan fingerprint density at radius 2 is 1.90 bits per heavy atom. The quantitative estimate of drug-likeness (QED) is 0.648. The fourth-order valence-electron chi connectivity index (χ4n) is 3.15. The monoisotopic (exact) mass is 277 g/mol. The lowest BCUT2D eigenvalue weighted by Crippen LogP contribution is -2.02. The second kappa shape index (κ2) is 6.71. The van der Waals surface area contributed by atoms with Gasteiger partial charge in [0.2, 0.25) is 0 Å². The summed E-state index contributed by atoms with van der Waals surface area (Å²) < 4.78 is 0. The van der Waals surface area contributed by atoms with Crippen molar-refractivity contribution in [1.82, 2.24) is 4.98 Å². The zero-order valence-electron chi connectivity index (χ0n) is 12.8. The molecule has 1 saturated carbocycles. The molecule has 1 nitrogen and oxygen atoms in total. The van der Waals surface area contributed by atoms with Gasteiger partial charge >= 0.3 is 0 Å². The normalized spacial score (nSPS) is 17.7. The average molecular weight is 277 g/mol. The van der Waals surface area contributed by atoms with Gasteiger partial charge in [-0.25, -0.2) is 0 Å². The van der Waals surface area contributed by atoms with Crippen molar-refractivity contribution in [2.24, 2.45) is 5.92 Å². The Morgan fingerprint density at radius 1 is 1.10 bits per heavy atom. The highest BCUT2D eigenvalue weighted by Gasteiger charge is 2.09. The summed E-state index contributed by atoms with van der Waals surface area (Å²) >= 11 is 0. The van der Waals surface area contributed by atoms with E-state index >= 15 is 0 Å². The highest BCUT2D eigenvalue weighted by atomic mass is 14.6. The zero-order chi connectivity index (χ0) is 14.5. The first-order valence-electron chi connectivity index (χ1n) is 8.03. The van der Waals surface area contributed by atoms with Crippen LogP contribution in [0.1, 0.15) is 44.6 Å². The van der Waals surface area contributed by atoms with Gasteiger partial charge in [-0.1, -0.05) is 61.3 Å². The molecular weight excluding hydrogens is 254 g/mol. The van der Waals surface area contributed by atoms with E-state index in [0.29, 0.717) is 0 Å². The van der Waals surface area contributed by atoms with E-state index < -0.39 is 0 Å². The molecule has 0 radical (unpaired) electrons. The molecule has 0 aliphatic heterocycles. The molecular formula is C20H23N. The van der Waals surface area contributed by atoms with Crippen molar-refractivity contribution >= 4 is 17.0 Å². The van der Waals surface area contributed by atoms with Crippen molar-refractivity contribution < 1.29 is 0 Å². The summed E-state index contributed by atoms with van der Waals surface area (Å²) in [5.41, 5.74) is 3.64. The molecule has 1 heteroatoms. The molecule has 21 heavy (non-hydrogen) atoms. The second-order valence-corrected chi connectivity index (χ2v) is 6.06. The molecule has 1 heterocycles. The van der Waals surface area contributed by atoms with Crippen LogP contribution in [0.25, 0.3) is 17.0 Å². The maximum Gasteiger partial charge on any atom is 0.0707 e. The minimum absolute atomic E-state index is 0.788. The fraction of sp³-hybridized carbons (Fsp3) is 0.350. The predicted octanol–water partition coefficient (Wildman–Crippen LogP) is 5.77. The van der Waals surface area contributed by atoms with E-state index in [0.717, 1.165) is 11.4 Å². The number of allylic oxidation sites excluding steroid dienone is 3. The third kappa shape index (κ3) is 3.60. The van der Waals surface area contributed by atoms with Crippen molar-refractivity contribution in [1.29, 1.82) is 0 Å². The molecule has 0 saturated heterocycles. The average Bonchev–Trinajstić information content (AvgIpc) is 2.54. The molecule has 0 atom stereocenters. The largest absolute Gasteiger partial charge is 0.256 e. The van der Waals surface area contributed by atoms with Crippen molar-refractivity contribution in [3.63, 3.8) is 0 Å². The lowest BCUT2D eigenvalue weighted by Gasteiger charge is -2.17. The van der Waals surface area contributed by atoms with Gasteiger partial charge in [0.1, 0.15) is 0 Å². The molecule has 3 rings (SSSR count). The van der Waals surface area contributed by atoms with Gasteiger partial charge in [-0.2, -0.15) is 0 Å². The summed E-state index contributed by atoms with van der Waals surface area (Å²) in [5.74, 6) is 0.788. The number of para-hydroxylation sites is 1. The van der Waals surface area contributed by atoms with Crippen LogP contribution in [0.2, 0.25) is 0 Å². The Kier molecular flexibility index (Phi) is 4.49. The number of rotatable bonds is 3. The van der Waals surface area contributed by atoms with Crippen LogP contribution in [0.4, 0.5) is 0 Å². The van der Waals surface area contributed by atoms with E-state index in [1.54, 1.807) is 0 Å². The van der Waals surface area contributed by atoms with Gasteiger partial charge in [0.05, 0.1) is 5.52 Å². The van der Waals surface area contributed by atoms with Crippen LogP contribution in [0, 0.1) is 5.92 Å². The number of benzene rings is 1. The summed E-state index contributed by atoms with van der Waals surface area (Å²) in [6.45, 7) is 2.19. The van der Waals surface area contributed by atoms with Crippen LogP contribution in [0.15, 0.2) is 54.3 Å². The molecule has 0 N–H and O–H groups in total. The Bertz CT molecular complexity index is 655. The van der Waals surface area contributed by atoms with Gasteiger partial charge in [0.25, 0.3) is 0 Å². The highest BCUT2D eigenvalue weighted by Crippen LogP contribution is 2.25. The van der Waals surface area contributed by atoms with Crippen LogP contribution in [-0.4, -0.2) is 4.98 Å². The smallest absolute Gasteiger partial charge is 0.0707 e. The van der Waals surface area contributed by atoms with Crippen LogP contribution in [0.5, 0.6) is 0 Å². The van der Waals surface area contributed by atoms with E-state index in [1.165, 1.54) is 48.6 Å². The first-order chi connectivity index (χ1) is 10.3. The van der Waals surface area contributed by atoms with Gasteiger partial charge in [-0.15, -0.1) is 0 Å². The van der Waals surface area contributed by atoms with Crippen molar-refractivity contribution in [2.45, 2.75) is 39.0 Å². The second-order valence-electron chi connectivity index (χ2n) is 6.06. The van der Waals surface area contributed by atoms with E-state index in [2.05, 4.69) is 54.4 Å². The topological polar surface area (TPSA) is 12.9 Å². The Labute approximate surface area is 127 Å². The first-order valence-corrected chi connectivity index (χ1v) is 8.03. The number of pyridine rings is 1. The van der Waals surface area contributed by atoms with E-state index in [4.69, 9.17) is 0 Å². The molecule has 0 amide bonds. The maximum absolute atomic E-state index is 4.42. The fourth-order valence-corrected chi connectivity index (χ4v) is 3.15. The van der Waals surface area contributed by atoms with Gasteiger partial charge in [-0.3, -0.25) is 4.98 Å². The molecule has 0 bridgehead atoms. The van der Waals surface area contributed by atoms with Crippen molar-refractivity contribution in [2.75, 3.05) is 0 Å². The molecule has 108 valence electrons. The Balaban J connectivity index is 1.80. The number of aromatic nitrogens is 1. The SMILES string of the molecule is CC(=C/c1ccnc2ccccc12)/C=C/C1CCCCC1. The Hall–Kier alpha value is -1.89. The van der Waals surface area contributed by atoms with Gasteiger partial charge < -0.3 is 0 Å². The number of hydrogen-bond acceptors (Lipinski definition) is 1. The van der Waals surface area contributed by atoms with Gasteiger partial charge in [0, 0.05) is 11.6 Å². The van der Waals surface area contributed by atoms with E-state index in [-0.39, 0.29) is 0 Å². The highest BCUT2D eigenvalue weighted by molar-refractivity contribution is 5.88. The van der Waals surface area contributed by atoms with Gasteiger partial charge in [-0.05, 0) is 43.4 Å². The molecule has 2 aromatic rings. The number of fused-ring (bicyclic) bond motifs is 1. The molecule has 1 aromatic heterocycles. The molecule has 1 aliphatic carbocycles. The summed E-state index contributed by atoms with van der Waals surface area (Å²) in [6.07, 6.45) is 15.8. The predicted molar refractivity (Wildman–Crippen MR) is 91.1 cm³/mol. The Morgan fingerprint density at radius 3 is 2.76 bits per heavy atom. The van der Waals surface area contributed by atoms with Crippen molar-refractivity contribution in [3.8, 4) is 0 Å². The van der Waals surface area contributed by atoms with Crippen LogP contribution < -0.4 is 0 Å². The third-order valence-corrected chi connectivity index (χ3v) is 4.35. The van der Waals surface area contributed by atoms with E-state index in [1.807, 2.05) is 12.3 Å². The summed E-state index contributed by atoms with van der Waals surface area (Å²) in [4.78, 5) is 4.42. The van der Waals surface area contributed by atoms with Crippen LogP contribution in [-0.2, 0) is 0 Å². The number of hydrogen-bond donors (Lipinski definition) is 0. The number of nitrogens with zero attached hydrogens (tertiary/aromatic N) is 1. The zero-order valence-corrected chi connectivity index (χ0v) is 12.8. The molecule has 1 aliphatic rings. The lowest BCUT2D eigenvalue weighted by atomic mass is 9.89. The standard InChI is InChI=1S/C20H23N/c1-16(11-12-17-7-3-2-4-8-17)15-18-13-14-21-20-10-6-5-9-19(18)20/h5-6,9-15,17H,2-4,7-8H2,1H3/b12-11+,16-15-. The molecule has 0 unspecified atom stereocenters. The van der Waals surface area contributed by atoms with Gasteiger partial charge in [0.15, 0.2) is 0 Å².